The molecule has 2 aromatic rings. The van der Waals surface area contributed by atoms with Gasteiger partial charge in [0.15, 0.2) is 11.5 Å². The summed E-state index contributed by atoms with van der Waals surface area (Å²) < 4.78 is 37.5. The lowest BCUT2D eigenvalue weighted by Gasteiger charge is -2.13. The fourth-order valence-electron chi connectivity index (χ4n) is 2.04. The molecule has 0 aliphatic carbocycles. The summed E-state index contributed by atoms with van der Waals surface area (Å²) in [4.78, 5) is 0.136. The van der Waals surface area contributed by atoms with E-state index in [1.165, 1.54) is 38.5 Å². The summed E-state index contributed by atoms with van der Waals surface area (Å²) in [7, 11) is -0.930. The Balaban J connectivity index is 2.43. The van der Waals surface area contributed by atoms with Gasteiger partial charge in [-0.3, -0.25) is 4.72 Å². The molecule has 0 spiro atoms. The van der Waals surface area contributed by atoms with E-state index in [1.54, 1.807) is 12.1 Å². The monoisotopic (exact) mass is 332 g/mol. The van der Waals surface area contributed by atoms with Crippen LogP contribution in [0, 0.1) is 18.3 Å². The van der Waals surface area contributed by atoms with Crippen molar-refractivity contribution in [3.63, 3.8) is 0 Å². The molecule has 6 nitrogen and oxygen atoms in total. The second-order valence-electron chi connectivity index (χ2n) is 4.79. The molecule has 0 unspecified atom stereocenters. The van der Waals surface area contributed by atoms with Crippen molar-refractivity contribution < 1.29 is 17.9 Å². The minimum Gasteiger partial charge on any atom is -0.493 e. The molecule has 0 saturated carbocycles. The molecule has 0 amide bonds. The van der Waals surface area contributed by atoms with Gasteiger partial charge in [0, 0.05) is 6.07 Å². The molecule has 0 heterocycles. The average Bonchev–Trinajstić information content (AvgIpc) is 2.53. The summed E-state index contributed by atoms with van der Waals surface area (Å²) in [6.07, 6.45) is 0. The molecule has 0 bridgehead atoms. The largest absolute Gasteiger partial charge is 0.493 e. The molecule has 0 aliphatic heterocycles. The van der Waals surface area contributed by atoms with Crippen LogP contribution in [0.5, 0.6) is 11.5 Å². The number of nitrogens with one attached hydrogen (secondary N) is 1. The summed E-state index contributed by atoms with van der Waals surface area (Å²) in [5.74, 6) is 0.529. The number of hydrogen-bond acceptors (Lipinski definition) is 5. The van der Waals surface area contributed by atoms with Crippen molar-refractivity contribution in [3.8, 4) is 17.6 Å². The minimum absolute atomic E-state index is 0.136. The van der Waals surface area contributed by atoms with Gasteiger partial charge in [0.05, 0.1) is 30.4 Å². The molecule has 0 radical (unpaired) electrons. The number of rotatable bonds is 5. The van der Waals surface area contributed by atoms with Crippen LogP contribution in [0.1, 0.15) is 11.1 Å². The number of aryl methyl sites for hydroxylation is 1. The molecule has 2 aromatic carbocycles. The molecule has 7 heteroatoms. The molecule has 0 aromatic heterocycles. The van der Waals surface area contributed by atoms with Crippen LogP contribution < -0.4 is 14.2 Å². The van der Waals surface area contributed by atoms with Crippen LogP contribution in [0.2, 0.25) is 0 Å². The maximum absolute atomic E-state index is 12.4. The predicted octanol–water partition coefficient (Wildman–Crippen LogP) is 2.68. The fourth-order valence-corrected chi connectivity index (χ4v) is 3.08. The Labute approximate surface area is 135 Å². The Morgan fingerprint density at radius 3 is 2.26 bits per heavy atom. The SMILES string of the molecule is COc1cc(NS(=O)(=O)c2ccc(C)cc2)cc(C#N)c1OC. The summed E-state index contributed by atoms with van der Waals surface area (Å²) in [6.45, 7) is 1.87. The van der Waals surface area contributed by atoms with E-state index in [4.69, 9.17) is 9.47 Å². The number of methoxy groups -OCH3 is 2. The van der Waals surface area contributed by atoms with Crippen molar-refractivity contribution in [2.45, 2.75) is 11.8 Å². The van der Waals surface area contributed by atoms with Crippen LogP contribution in [0.15, 0.2) is 41.3 Å². The van der Waals surface area contributed by atoms with Crippen LogP contribution in [-0.2, 0) is 10.0 Å². The maximum atomic E-state index is 12.4. The first-order chi connectivity index (χ1) is 10.9. The highest BCUT2D eigenvalue weighted by Gasteiger charge is 2.18. The lowest BCUT2D eigenvalue weighted by atomic mass is 10.2. The molecule has 2 rings (SSSR count). The van der Waals surface area contributed by atoms with Crippen molar-refractivity contribution in [2.75, 3.05) is 18.9 Å². The molecule has 0 atom stereocenters. The highest BCUT2D eigenvalue weighted by Crippen LogP contribution is 2.34. The first-order valence-electron chi connectivity index (χ1n) is 6.67. The molecule has 0 aliphatic rings. The first kappa shape index (κ1) is 16.6. The number of nitrogens with zero attached hydrogens (tertiary/aromatic N) is 1. The van der Waals surface area contributed by atoms with Crippen LogP contribution >= 0.6 is 0 Å². The van der Waals surface area contributed by atoms with E-state index in [0.717, 1.165) is 5.56 Å². The summed E-state index contributed by atoms with van der Waals surface area (Å²) >= 11 is 0. The van der Waals surface area contributed by atoms with Crippen molar-refractivity contribution in [1.82, 2.24) is 0 Å². The molecule has 23 heavy (non-hydrogen) atoms. The second kappa shape index (κ2) is 6.58. The van der Waals surface area contributed by atoms with Gasteiger partial charge >= 0.3 is 0 Å². The topological polar surface area (TPSA) is 88.4 Å². The lowest BCUT2D eigenvalue weighted by Crippen LogP contribution is -2.13. The zero-order valence-corrected chi connectivity index (χ0v) is 13.8. The molecule has 0 fully saturated rings. The third-order valence-corrected chi connectivity index (χ3v) is 4.58. The highest BCUT2D eigenvalue weighted by atomic mass is 32.2. The van der Waals surface area contributed by atoms with Gasteiger partial charge in [0.1, 0.15) is 6.07 Å². The van der Waals surface area contributed by atoms with Crippen molar-refractivity contribution >= 4 is 15.7 Å². The lowest BCUT2D eigenvalue weighted by molar-refractivity contribution is 0.354. The van der Waals surface area contributed by atoms with E-state index >= 15 is 0 Å². The normalized spacial score (nSPS) is 10.7. The van der Waals surface area contributed by atoms with Gasteiger partial charge in [-0.2, -0.15) is 5.26 Å². The third kappa shape index (κ3) is 3.55. The van der Waals surface area contributed by atoms with Gasteiger partial charge in [-0.15, -0.1) is 0 Å². The molecule has 120 valence electrons. The Bertz CT molecular complexity index is 853. The van der Waals surface area contributed by atoms with Crippen LogP contribution in [0.25, 0.3) is 0 Å². The van der Waals surface area contributed by atoms with E-state index in [0.29, 0.717) is 0 Å². The standard InChI is InChI=1S/C16H16N2O4S/c1-11-4-6-14(7-5-11)23(19,20)18-13-8-12(10-17)16(22-3)15(9-13)21-2/h4-9,18H,1-3H3. The van der Waals surface area contributed by atoms with Gasteiger partial charge in [0.2, 0.25) is 0 Å². The fraction of sp³-hybridized carbons (Fsp3) is 0.188. The van der Waals surface area contributed by atoms with Gasteiger partial charge < -0.3 is 9.47 Å². The quantitative estimate of drug-likeness (QED) is 0.909. The smallest absolute Gasteiger partial charge is 0.261 e. The van der Waals surface area contributed by atoms with Crippen molar-refractivity contribution in [2.24, 2.45) is 0 Å². The first-order valence-corrected chi connectivity index (χ1v) is 8.15. The Morgan fingerprint density at radius 1 is 1.09 bits per heavy atom. The predicted molar refractivity (Wildman–Crippen MR) is 86.2 cm³/mol. The Hall–Kier alpha value is -2.72. The Morgan fingerprint density at radius 2 is 1.74 bits per heavy atom. The number of anilines is 1. The summed E-state index contributed by atoms with van der Waals surface area (Å²) in [6, 6.07) is 11.3. The molecule has 1 N–H and O–H groups in total. The van der Waals surface area contributed by atoms with E-state index in [2.05, 4.69) is 4.72 Å². The number of sulfonamides is 1. The van der Waals surface area contributed by atoms with Gasteiger partial charge in [-0.05, 0) is 25.1 Å². The third-order valence-electron chi connectivity index (χ3n) is 3.18. The van der Waals surface area contributed by atoms with Crippen LogP contribution in [0.4, 0.5) is 5.69 Å². The van der Waals surface area contributed by atoms with E-state index < -0.39 is 10.0 Å². The van der Waals surface area contributed by atoms with Crippen molar-refractivity contribution in [1.29, 1.82) is 5.26 Å². The van der Waals surface area contributed by atoms with E-state index in [1.807, 2.05) is 13.0 Å². The summed E-state index contributed by atoms with van der Waals surface area (Å²) in [5, 5.41) is 9.18. The number of benzene rings is 2. The average molecular weight is 332 g/mol. The van der Waals surface area contributed by atoms with Crippen LogP contribution in [-0.4, -0.2) is 22.6 Å². The maximum Gasteiger partial charge on any atom is 0.261 e. The minimum atomic E-state index is -3.76. The van der Waals surface area contributed by atoms with Gasteiger partial charge in [0.25, 0.3) is 10.0 Å². The molecular weight excluding hydrogens is 316 g/mol. The highest BCUT2D eigenvalue weighted by molar-refractivity contribution is 7.92. The number of ether oxygens (including phenoxy) is 2. The Kier molecular flexibility index (Phi) is 4.77. The van der Waals surface area contributed by atoms with Crippen LogP contribution in [0.3, 0.4) is 0 Å². The number of hydrogen-bond donors (Lipinski definition) is 1. The second-order valence-corrected chi connectivity index (χ2v) is 6.47. The molecule has 0 saturated heterocycles. The zero-order chi connectivity index (χ0) is 17.0. The summed E-state index contributed by atoms with van der Waals surface area (Å²) in [5.41, 5.74) is 1.36. The van der Waals surface area contributed by atoms with E-state index in [9.17, 15) is 13.7 Å². The van der Waals surface area contributed by atoms with Crippen molar-refractivity contribution in [3.05, 3.63) is 47.5 Å². The number of nitriles is 1. The van der Waals surface area contributed by atoms with E-state index in [-0.39, 0.29) is 27.6 Å². The zero-order valence-electron chi connectivity index (χ0n) is 13.0. The van der Waals surface area contributed by atoms with Gasteiger partial charge in [-0.1, -0.05) is 17.7 Å². The van der Waals surface area contributed by atoms with Gasteiger partial charge in [-0.25, -0.2) is 8.42 Å². The molecular formula is C16H16N2O4S.